The van der Waals surface area contributed by atoms with Crippen molar-refractivity contribution in [2.75, 3.05) is 13.1 Å². The van der Waals surface area contributed by atoms with Gasteiger partial charge in [-0.15, -0.1) is 24.0 Å². The fourth-order valence-electron chi connectivity index (χ4n) is 1.58. The molecule has 0 spiro atoms. The molecule has 3 N–H and O–H groups in total. The zero-order chi connectivity index (χ0) is 13.5. The van der Waals surface area contributed by atoms with Crippen molar-refractivity contribution in [3.8, 4) is 0 Å². The van der Waals surface area contributed by atoms with Crippen molar-refractivity contribution in [3.05, 3.63) is 24.2 Å². The van der Waals surface area contributed by atoms with Crippen LogP contribution >= 0.6 is 24.0 Å². The van der Waals surface area contributed by atoms with Crippen LogP contribution in [-0.4, -0.2) is 31.0 Å². The van der Waals surface area contributed by atoms with E-state index < -0.39 is 0 Å². The summed E-state index contributed by atoms with van der Waals surface area (Å²) in [6.45, 7) is 3.41. The molecule has 2 rings (SSSR count). The zero-order valence-electron chi connectivity index (χ0n) is 11.5. The maximum absolute atomic E-state index is 11.5. The van der Waals surface area contributed by atoms with E-state index in [1.807, 2.05) is 19.1 Å². The molecule has 1 aromatic heterocycles. The summed E-state index contributed by atoms with van der Waals surface area (Å²) in [6, 6.07) is 4.10. The van der Waals surface area contributed by atoms with Gasteiger partial charge in [-0.1, -0.05) is 0 Å². The van der Waals surface area contributed by atoms with E-state index in [1.165, 1.54) is 0 Å². The summed E-state index contributed by atoms with van der Waals surface area (Å²) in [7, 11) is 0. The van der Waals surface area contributed by atoms with Gasteiger partial charge in [0.15, 0.2) is 5.96 Å². The number of furan rings is 1. The van der Waals surface area contributed by atoms with E-state index in [9.17, 15) is 4.79 Å². The fraction of sp³-hybridized carbons (Fsp3) is 0.538. The molecule has 112 valence electrons. The largest absolute Gasteiger partial charge is 0.467 e. The van der Waals surface area contributed by atoms with Crippen molar-refractivity contribution in [2.24, 2.45) is 4.99 Å². The topological polar surface area (TPSA) is 78.7 Å². The van der Waals surface area contributed by atoms with Crippen molar-refractivity contribution in [2.45, 2.75) is 32.4 Å². The molecule has 1 amide bonds. The first kappa shape index (κ1) is 16.8. The van der Waals surface area contributed by atoms with Crippen molar-refractivity contribution < 1.29 is 9.21 Å². The lowest BCUT2D eigenvalue weighted by molar-refractivity contribution is -0.119. The number of halogens is 1. The fourth-order valence-corrected chi connectivity index (χ4v) is 1.58. The molecular formula is C13H21IN4O2. The molecule has 0 aromatic carbocycles. The van der Waals surface area contributed by atoms with Crippen LogP contribution in [0.3, 0.4) is 0 Å². The van der Waals surface area contributed by atoms with Crippen LogP contribution in [0.25, 0.3) is 0 Å². The molecule has 0 bridgehead atoms. The molecule has 1 aliphatic rings. The van der Waals surface area contributed by atoms with E-state index in [0.29, 0.717) is 18.5 Å². The van der Waals surface area contributed by atoms with Gasteiger partial charge in [-0.2, -0.15) is 0 Å². The minimum Gasteiger partial charge on any atom is -0.467 e. The predicted molar refractivity (Wildman–Crippen MR) is 88.1 cm³/mol. The normalized spacial score (nSPS) is 14.3. The van der Waals surface area contributed by atoms with E-state index in [0.717, 1.165) is 25.1 Å². The highest BCUT2D eigenvalue weighted by atomic mass is 127. The van der Waals surface area contributed by atoms with Gasteiger partial charge in [-0.3, -0.25) is 4.79 Å². The first-order valence-corrected chi connectivity index (χ1v) is 6.62. The van der Waals surface area contributed by atoms with Crippen molar-refractivity contribution >= 4 is 35.8 Å². The Kier molecular flexibility index (Phi) is 7.42. The average Bonchev–Trinajstić information content (AvgIpc) is 3.05. The van der Waals surface area contributed by atoms with Crippen LogP contribution in [0.15, 0.2) is 27.8 Å². The molecule has 0 radical (unpaired) electrons. The Morgan fingerprint density at radius 2 is 2.25 bits per heavy atom. The summed E-state index contributed by atoms with van der Waals surface area (Å²) in [5, 5.41) is 9.10. The summed E-state index contributed by atoms with van der Waals surface area (Å²) >= 11 is 0. The molecule has 20 heavy (non-hydrogen) atoms. The molecule has 0 aliphatic heterocycles. The number of nitrogens with one attached hydrogen (secondary N) is 3. The number of carbonyl (C=O) groups excluding carboxylic acids is 1. The summed E-state index contributed by atoms with van der Waals surface area (Å²) in [4.78, 5) is 15.8. The molecule has 0 atom stereocenters. The highest BCUT2D eigenvalue weighted by Crippen LogP contribution is 2.18. The number of rotatable bonds is 6. The first-order chi connectivity index (χ1) is 9.28. The van der Waals surface area contributed by atoms with Gasteiger partial charge >= 0.3 is 0 Å². The Morgan fingerprint density at radius 1 is 1.45 bits per heavy atom. The van der Waals surface area contributed by atoms with Gasteiger partial charge in [0.25, 0.3) is 0 Å². The highest BCUT2D eigenvalue weighted by Gasteiger charge is 2.22. The lowest BCUT2D eigenvalue weighted by atomic mass is 10.4. The van der Waals surface area contributed by atoms with E-state index in [4.69, 9.17) is 4.42 Å². The number of hydrogen-bond donors (Lipinski definition) is 3. The van der Waals surface area contributed by atoms with Gasteiger partial charge in [0.05, 0.1) is 12.8 Å². The van der Waals surface area contributed by atoms with Crippen LogP contribution in [0.2, 0.25) is 0 Å². The van der Waals surface area contributed by atoms with Crippen molar-refractivity contribution in [1.82, 2.24) is 16.0 Å². The number of aliphatic imine (C=N–C) groups is 1. The molecule has 0 saturated heterocycles. The first-order valence-electron chi connectivity index (χ1n) is 6.62. The summed E-state index contributed by atoms with van der Waals surface area (Å²) in [6.07, 6.45) is 3.81. The molecule has 1 saturated carbocycles. The quantitative estimate of drug-likeness (QED) is 0.387. The molecule has 0 unspecified atom stereocenters. The Bertz CT molecular complexity index is 430. The van der Waals surface area contributed by atoms with Crippen LogP contribution in [0.1, 0.15) is 25.5 Å². The van der Waals surface area contributed by atoms with Gasteiger partial charge in [0.1, 0.15) is 12.3 Å². The molecule has 1 heterocycles. The number of hydrogen-bond acceptors (Lipinski definition) is 3. The second-order valence-electron chi connectivity index (χ2n) is 4.47. The third-order valence-corrected chi connectivity index (χ3v) is 2.68. The van der Waals surface area contributed by atoms with Gasteiger partial charge in [0, 0.05) is 12.6 Å². The maximum atomic E-state index is 11.5. The van der Waals surface area contributed by atoms with Crippen LogP contribution < -0.4 is 16.0 Å². The third-order valence-electron chi connectivity index (χ3n) is 2.68. The molecule has 1 aliphatic carbocycles. The van der Waals surface area contributed by atoms with Crippen molar-refractivity contribution in [1.29, 1.82) is 0 Å². The van der Waals surface area contributed by atoms with Crippen LogP contribution in [0.5, 0.6) is 0 Å². The number of guanidine groups is 1. The lowest BCUT2D eigenvalue weighted by Crippen LogP contribution is -2.38. The van der Waals surface area contributed by atoms with Crippen LogP contribution in [0.4, 0.5) is 0 Å². The molecule has 1 fully saturated rings. The summed E-state index contributed by atoms with van der Waals surface area (Å²) in [5.41, 5.74) is 0. The summed E-state index contributed by atoms with van der Waals surface area (Å²) < 4.78 is 5.22. The van der Waals surface area contributed by atoms with Crippen LogP contribution in [0, 0.1) is 0 Å². The van der Waals surface area contributed by atoms with Crippen LogP contribution in [-0.2, 0) is 11.3 Å². The Hall–Kier alpha value is -1.25. The molecular weight excluding hydrogens is 371 g/mol. The average molecular weight is 392 g/mol. The monoisotopic (exact) mass is 392 g/mol. The lowest BCUT2D eigenvalue weighted by Gasteiger charge is -2.10. The zero-order valence-corrected chi connectivity index (χ0v) is 13.8. The van der Waals surface area contributed by atoms with Crippen molar-refractivity contribution in [3.63, 3.8) is 0 Å². The number of amides is 1. The third kappa shape index (κ3) is 6.27. The smallest absolute Gasteiger partial charge is 0.242 e. The Labute approximate surface area is 135 Å². The molecule has 6 nitrogen and oxygen atoms in total. The van der Waals surface area contributed by atoms with E-state index in [-0.39, 0.29) is 36.4 Å². The SMILES string of the molecule is CCNC(=NCC(=O)NC1CC1)NCc1ccco1.I. The van der Waals surface area contributed by atoms with Gasteiger partial charge < -0.3 is 20.4 Å². The van der Waals surface area contributed by atoms with Gasteiger partial charge in [-0.05, 0) is 31.9 Å². The van der Waals surface area contributed by atoms with E-state index in [1.54, 1.807) is 6.26 Å². The predicted octanol–water partition coefficient (Wildman–Crippen LogP) is 1.23. The Morgan fingerprint density at radius 3 is 2.85 bits per heavy atom. The molecule has 1 aromatic rings. The second-order valence-corrected chi connectivity index (χ2v) is 4.47. The standard InChI is InChI=1S/C13H20N4O2.HI/c1-2-14-13(15-8-11-4-3-7-19-11)16-9-12(18)17-10-5-6-10;/h3-4,7,10H,2,5-6,8-9H2,1H3,(H,17,18)(H2,14,15,16);1H. The minimum absolute atomic E-state index is 0. The number of nitrogens with zero attached hydrogens (tertiary/aromatic N) is 1. The second kappa shape index (κ2) is 8.83. The summed E-state index contributed by atoms with van der Waals surface area (Å²) in [5.74, 6) is 1.41. The van der Waals surface area contributed by atoms with E-state index >= 15 is 0 Å². The minimum atomic E-state index is -0.0299. The van der Waals surface area contributed by atoms with Gasteiger partial charge in [-0.25, -0.2) is 4.99 Å². The van der Waals surface area contributed by atoms with Gasteiger partial charge in [0.2, 0.25) is 5.91 Å². The highest BCUT2D eigenvalue weighted by molar-refractivity contribution is 14.0. The molecule has 7 heteroatoms. The number of carbonyl (C=O) groups is 1. The van der Waals surface area contributed by atoms with E-state index in [2.05, 4.69) is 20.9 Å². The maximum Gasteiger partial charge on any atom is 0.242 e. The Balaban J connectivity index is 0.00000200.